The Kier molecular flexibility index (Phi) is 5.69. The van der Waals surface area contributed by atoms with Gasteiger partial charge >= 0.3 is 4.70 Å². The molecule has 0 spiro atoms. The van der Waals surface area contributed by atoms with Gasteiger partial charge in [0.1, 0.15) is 11.8 Å². The van der Waals surface area contributed by atoms with E-state index in [9.17, 15) is 0 Å². The minimum atomic E-state index is -0.889. The van der Waals surface area contributed by atoms with Crippen molar-refractivity contribution in [3.63, 3.8) is 0 Å². The largest absolute Gasteiger partial charge is 0.507 e. The van der Waals surface area contributed by atoms with E-state index in [1.165, 1.54) is 6.07 Å². The molecule has 0 bridgehead atoms. The van der Waals surface area contributed by atoms with Gasteiger partial charge in [0.25, 0.3) is 0 Å². The molecular weight excluding hydrogens is 213 g/mol. The van der Waals surface area contributed by atoms with Crippen molar-refractivity contribution in [1.29, 1.82) is 5.26 Å². The summed E-state index contributed by atoms with van der Waals surface area (Å²) in [5.74, 6) is 0.0417. The maximum Gasteiger partial charge on any atom is 0.313 e. The molecule has 1 aromatic rings. The molecule has 5 heteroatoms. The topological polar surface area (TPSA) is 61.1 Å². The molecule has 0 radical (unpaired) electrons. The molecule has 0 aliphatic carbocycles. The lowest BCUT2D eigenvalue weighted by molar-refractivity contribution is 0.275. The monoisotopic (exact) mass is 217 g/mol. The van der Waals surface area contributed by atoms with Gasteiger partial charge in [0.2, 0.25) is 0 Å². The first-order valence-corrected chi connectivity index (χ1v) is 3.86. The number of carbonyl (C=O) groups is 1. The number of aromatic hydroxyl groups is 1. The Morgan fingerprint density at radius 1 is 1.38 bits per heavy atom. The van der Waals surface area contributed by atoms with Crippen molar-refractivity contribution < 1.29 is 9.90 Å². The van der Waals surface area contributed by atoms with Crippen molar-refractivity contribution >= 4 is 27.9 Å². The maximum atomic E-state index is 8.98. The van der Waals surface area contributed by atoms with E-state index in [1.54, 1.807) is 18.2 Å². The van der Waals surface area contributed by atoms with E-state index < -0.39 is 4.70 Å². The highest BCUT2D eigenvalue weighted by Gasteiger charge is 1.93. The molecule has 0 aliphatic heterocycles. The molecule has 0 aromatic heterocycles. The molecule has 0 saturated carbocycles. The number of phenolic OH excluding ortho intramolecular Hbond substituents is 1. The number of hydrogen-bond donors (Lipinski definition) is 1. The predicted molar refractivity (Wildman–Crippen MR) is 49.9 cm³/mol. The molecule has 1 rings (SSSR count). The summed E-state index contributed by atoms with van der Waals surface area (Å²) < 4.78 is -0.889. The summed E-state index contributed by atoms with van der Waals surface area (Å²) in [7, 11) is 0. The van der Waals surface area contributed by atoms with Crippen LogP contribution < -0.4 is 0 Å². The molecule has 1 N–H and O–H groups in total. The van der Waals surface area contributed by atoms with Crippen molar-refractivity contribution in [3.05, 3.63) is 29.8 Å². The van der Waals surface area contributed by atoms with E-state index in [1.807, 2.05) is 6.07 Å². The Balaban J connectivity index is 0.000000310. The lowest BCUT2D eigenvalue weighted by Crippen LogP contribution is -1.71. The molecule has 68 valence electrons. The van der Waals surface area contributed by atoms with E-state index in [0.717, 1.165) is 0 Å². The van der Waals surface area contributed by atoms with Crippen LogP contribution in [0.2, 0.25) is 0 Å². The smallest absolute Gasteiger partial charge is 0.313 e. The lowest BCUT2D eigenvalue weighted by atomic mass is 10.2. The van der Waals surface area contributed by atoms with Crippen LogP contribution in [-0.2, 0) is 0 Å². The molecule has 1 aromatic carbocycles. The van der Waals surface area contributed by atoms with Crippen molar-refractivity contribution in [1.82, 2.24) is 0 Å². The van der Waals surface area contributed by atoms with Gasteiger partial charge in [-0.15, -0.1) is 0 Å². The highest BCUT2D eigenvalue weighted by molar-refractivity contribution is 6.93. The second-order valence-corrected chi connectivity index (χ2v) is 2.73. The van der Waals surface area contributed by atoms with Gasteiger partial charge in [-0.1, -0.05) is 12.1 Å². The zero-order valence-corrected chi connectivity index (χ0v) is 7.88. The molecule has 0 atom stereocenters. The first-order chi connectivity index (χ1) is 6.07. The van der Waals surface area contributed by atoms with Crippen LogP contribution in [0, 0.1) is 11.3 Å². The second kappa shape index (κ2) is 6.30. The van der Waals surface area contributed by atoms with E-state index in [2.05, 4.69) is 23.2 Å². The Hall–Kier alpha value is -1.24. The number of rotatable bonds is 0. The van der Waals surface area contributed by atoms with Crippen LogP contribution in [0.1, 0.15) is 5.56 Å². The molecule has 0 heterocycles. The number of para-hydroxylation sites is 1. The van der Waals surface area contributed by atoms with Crippen LogP contribution in [0.25, 0.3) is 0 Å². The fourth-order valence-corrected chi connectivity index (χ4v) is 0.568. The second-order valence-electron chi connectivity index (χ2n) is 1.85. The van der Waals surface area contributed by atoms with Crippen molar-refractivity contribution in [2.24, 2.45) is 0 Å². The van der Waals surface area contributed by atoms with Crippen molar-refractivity contribution in [2.75, 3.05) is 0 Å². The van der Waals surface area contributed by atoms with E-state index in [-0.39, 0.29) is 5.75 Å². The summed E-state index contributed by atoms with van der Waals surface area (Å²) in [5, 5.41) is 17.2. The first-order valence-electron chi connectivity index (χ1n) is 3.11. The number of carbonyl (C=O) groups excluding carboxylic acids is 1. The molecule has 3 nitrogen and oxygen atoms in total. The van der Waals surface area contributed by atoms with Gasteiger partial charge in [0.05, 0.1) is 5.56 Å². The van der Waals surface area contributed by atoms with E-state index >= 15 is 0 Å². The molecule has 0 saturated heterocycles. The van der Waals surface area contributed by atoms with Crippen molar-refractivity contribution in [2.45, 2.75) is 0 Å². The Morgan fingerprint density at radius 3 is 2.15 bits per heavy atom. The molecule has 0 unspecified atom stereocenters. The van der Waals surface area contributed by atoms with Gasteiger partial charge in [-0.2, -0.15) is 5.26 Å². The molecule has 13 heavy (non-hydrogen) atoms. The third-order valence-electron chi connectivity index (χ3n) is 1.02. The highest BCUT2D eigenvalue weighted by atomic mass is 35.5. The maximum absolute atomic E-state index is 8.98. The molecule has 0 amide bonds. The third kappa shape index (κ3) is 5.97. The standard InChI is InChI=1S/C7H5NO.CCl2O/c8-5-6-3-1-2-4-7(6)9;2-1(3)4/h1-4,9H;. The summed E-state index contributed by atoms with van der Waals surface area (Å²) in [6.07, 6.45) is 0. The zero-order chi connectivity index (χ0) is 10.3. The number of halogens is 2. The quantitative estimate of drug-likeness (QED) is 0.681. The van der Waals surface area contributed by atoms with Gasteiger partial charge in [-0.05, 0) is 35.3 Å². The fraction of sp³-hybridized carbons (Fsp3) is 0. The first kappa shape index (κ1) is 11.8. The minimum absolute atomic E-state index is 0.0417. The van der Waals surface area contributed by atoms with Gasteiger partial charge in [0.15, 0.2) is 0 Å². The number of nitriles is 1. The average Bonchev–Trinajstić information content (AvgIpc) is 2.04. The van der Waals surface area contributed by atoms with Gasteiger partial charge in [-0.3, -0.25) is 4.79 Å². The lowest BCUT2D eigenvalue weighted by Gasteiger charge is -1.89. The summed E-state index contributed by atoms with van der Waals surface area (Å²) in [6, 6.07) is 8.28. The summed E-state index contributed by atoms with van der Waals surface area (Å²) in [5.41, 5.74) is 0.317. The summed E-state index contributed by atoms with van der Waals surface area (Å²) >= 11 is 8.80. The number of hydrogen-bond acceptors (Lipinski definition) is 3. The van der Waals surface area contributed by atoms with Crippen LogP contribution in [0.4, 0.5) is 4.79 Å². The van der Waals surface area contributed by atoms with E-state index in [4.69, 9.17) is 15.2 Å². The fourth-order valence-electron chi connectivity index (χ4n) is 0.568. The zero-order valence-electron chi connectivity index (χ0n) is 6.37. The van der Waals surface area contributed by atoms with Crippen LogP contribution in [0.3, 0.4) is 0 Å². The summed E-state index contributed by atoms with van der Waals surface area (Å²) in [4.78, 5) is 8.98. The third-order valence-corrected chi connectivity index (χ3v) is 1.02. The molecular formula is C8H5Cl2NO2. The Morgan fingerprint density at radius 2 is 1.85 bits per heavy atom. The van der Waals surface area contributed by atoms with Crippen molar-refractivity contribution in [3.8, 4) is 11.8 Å². The predicted octanol–water partition coefficient (Wildman–Crippen LogP) is 2.85. The SMILES string of the molecule is N#Cc1ccccc1O.O=C(Cl)Cl. The minimum Gasteiger partial charge on any atom is -0.507 e. The average molecular weight is 218 g/mol. The normalized spacial score (nSPS) is 7.77. The Bertz CT molecular complexity index is 329. The number of nitrogens with zero attached hydrogens (tertiary/aromatic N) is 1. The molecule has 0 aliphatic rings. The van der Waals surface area contributed by atoms with Crippen LogP contribution in [-0.4, -0.2) is 9.81 Å². The highest BCUT2D eigenvalue weighted by Crippen LogP contribution is 2.12. The van der Waals surface area contributed by atoms with Gasteiger partial charge in [-0.25, -0.2) is 0 Å². The van der Waals surface area contributed by atoms with Crippen LogP contribution in [0.5, 0.6) is 5.75 Å². The Labute approximate surface area is 85.1 Å². The number of benzene rings is 1. The number of phenols is 1. The van der Waals surface area contributed by atoms with Crippen LogP contribution in [0.15, 0.2) is 24.3 Å². The van der Waals surface area contributed by atoms with Gasteiger partial charge in [0, 0.05) is 0 Å². The summed E-state index contributed by atoms with van der Waals surface area (Å²) in [6.45, 7) is 0. The van der Waals surface area contributed by atoms with Crippen LogP contribution >= 0.6 is 23.2 Å². The van der Waals surface area contributed by atoms with E-state index in [0.29, 0.717) is 5.56 Å². The van der Waals surface area contributed by atoms with Gasteiger partial charge < -0.3 is 5.11 Å². The molecule has 0 fully saturated rings.